The first-order chi connectivity index (χ1) is 14.9. The number of furan rings is 1. The standard InChI is InChI=1S/C21H15Br2N3O5/c22-15-9-14(11-25-26-18(27)12-24-20(28)17-7-4-8-30-17)19(16(23)10-15)31-21(29)13-5-2-1-3-6-13/h1-11H,12H2,(H,24,28)(H,26,27)/b25-11+. The summed E-state index contributed by atoms with van der Waals surface area (Å²) < 4.78 is 11.7. The molecule has 0 saturated heterocycles. The van der Waals surface area contributed by atoms with Crippen molar-refractivity contribution in [2.75, 3.05) is 6.54 Å². The molecule has 1 aromatic heterocycles. The van der Waals surface area contributed by atoms with Gasteiger partial charge in [0.25, 0.3) is 11.8 Å². The molecule has 0 unspecified atom stereocenters. The Morgan fingerprint density at radius 2 is 1.84 bits per heavy atom. The van der Waals surface area contributed by atoms with Crippen molar-refractivity contribution in [2.45, 2.75) is 0 Å². The highest BCUT2D eigenvalue weighted by Crippen LogP contribution is 2.32. The molecule has 0 aliphatic heterocycles. The van der Waals surface area contributed by atoms with E-state index in [1.165, 1.54) is 18.5 Å². The zero-order valence-electron chi connectivity index (χ0n) is 15.8. The number of hydrogen-bond donors (Lipinski definition) is 2. The number of carbonyl (C=O) groups is 3. The fourth-order valence-corrected chi connectivity index (χ4v) is 3.72. The average molecular weight is 549 g/mol. The highest BCUT2D eigenvalue weighted by atomic mass is 79.9. The highest BCUT2D eigenvalue weighted by molar-refractivity contribution is 9.11. The van der Waals surface area contributed by atoms with E-state index in [9.17, 15) is 14.4 Å². The van der Waals surface area contributed by atoms with Crippen LogP contribution in [0.2, 0.25) is 0 Å². The predicted octanol–water partition coefficient (Wildman–Crippen LogP) is 3.90. The van der Waals surface area contributed by atoms with E-state index in [2.05, 4.69) is 47.7 Å². The molecule has 2 aromatic carbocycles. The minimum absolute atomic E-state index is 0.0974. The number of amides is 2. The van der Waals surface area contributed by atoms with Gasteiger partial charge in [0.1, 0.15) is 0 Å². The van der Waals surface area contributed by atoms with Crippen LogP contribution < -0.4 is 15.5 Å². The van der Waals surface area contributed by atoms with Gasteiger partial charge in [0.05, 0.1) is 29.1 Å². The van der Waals surface area contributed by atoms with Crippen LogP contribution in [0, 0.1) is 0 Å². The van der Waals surface area contributed by atoms with Crippen LogP contribution in [-0.4, -0.2) is 30.5 Å². The predicted molar refractivity (Wildman–Crippen MR) is 120 cm³/mol. The van der Waals surface area contributed by atoms with Crippen molar-refractivity contribution in [1.82, 2.24) is 10.7 Å². The first-order valence-electron chi connectivity index (χ1n) is 8.84. The number of hydrazone groups is 1. The van der Waals surface area contributed by atoms with Crippen LogP contribution in [0.5, 0.6) is 5.75 Å². The van der Waals surface area contributed by atoms with Crippen molar-refractivity contribution in [3.63, 3.8) is 0 Å². The van der Waals surface area contributed by atoms with Crippen LogP contribution in [0.4, 0.5) is 0 Å². The van der Waals surface area contributed by atoms with E-state index in [1.807, 2.05) is 0 Å². The Bertz CT molecular complexity index is 1120. The molecule has 0 spiro atoms. The Morgan fingerprint density at radius 1 is 1.06 bits per heavy atom. The molecule has 31 heavy (non-hydrogen) atoms. The van der Waals surface area contributed by atoms with E-state index in [-0.39, 0.29) is 18.1 Å². The second-order valence-electron chi connectivity index (χ2n) is 6.01. The smallest absolute Gasteiger partial charge is 0.343 e. The molecular formula is C21H15Br2N3O5. The lowest BCUT2D eigenvalue weighted by atomic mass is 10.2. The molecule has 2 amide bonds. The molecule has 0 atom stereocenters. The Balaban J connectivity index is 1.64. The lowest BCUT2D eigenvalue weighted by Crippen LogP contribution is -2.34. The summed E-state index contributed by atoms with van der Waals surface area (Å²) in [7, 11) is 0. The number of carbonyl (C=O) groups excluding carboxylic acids is 3. The lowest BCUT2D eigenvalue weighted by molar-refractivity contribution is -0.120. The van der Waals surface area contributed by atoms with E-state index in [1.54, 1.807) is 48.5 Å². The normalized spacial score (nSPS) is 10.6. The third kappa shape index (κ3) is 6.37. The van der Waals surface area contributed by atoms with E-state index in [0.717, 1.165) is 0 Å². The average Bonchev–Trinajstić information content (AvgIpc) is 3.30. The van der Waals surface area contributed by atoms with E-state index < -0.39 is 17.8 Å². The molecule has 0 aliphatic carbocycles. The summed E-state index contributed by atoms with van der Waals surface area (Å²) >= 11 is 6.73. The summed E-state index contributed by atoms with van der Waals surface area (Å²) in [5.41, 5.74) is 3.12. The van der Waals surface area contributed by atoms with Crippen molar-refractivity contribution >= 4 is 55.9 Å². The van der Waals surface area contributed by atoms with Gasteiger partial charge in [-0.25, -0.2) is 10.2 Å². The number of nitrogens with one attached hydrogen (secondary N) is 2. The monoisotopic (exact) mass is 547 g/mol. The molecule has 8 nitrogen and oxygen atoms in total. The maximum atomic E-state index is 12.4. The number of rotatable bonds is 7. The first-order valence-corrected chi connectivity index (χ1v) is 10.4. The number of hydrogen-bond acceptors (Lipinski definition) is 6. The van der Waals surface area contributed by atoms with Crippen LogP contribution in [0.3, 0.4) is 0 Å². The van der Waals surface area contributed by atoms with Gasteiger partial charge in [-0.1, -0.05) is 34.1 Å². The maximum absolute atomic E-state index is 12.4. The number of benzene rings is 2. The molecule has 0 saturated carbocycles. The van der Waals surface area contributed by atoms with E-state index in [4.69, 9.17) is 9.15 Å². The minimum Gasteiger partial charge on any atom is -0.459 e. The van der Waals surface area contributed by atoms with E-state index in [0.29, 0.717) is 20.1 Å². The van der Waals surface area contributed by atoms with Gasteiger partial charge in [-0.15, -0.1) is 0 Å². The van der Waals surface area contributed by atoms with Crippen molar-refractivity contribution in [2.24, 2.45) is 5.10 Å². The molecule has 0 bridgehead atoms. The molecule has 10 heteroatoms. The van der Waals surface area contributed by atoms with Crippen molar-refractivity contribution < 1.29 is 23.5 Å². The molecule has 158 valence electrons. The van der Waals surface area contributed by atoms with Gasteiger partial charge in [0.15, 0.2) is 11.5 Å². The molecule has 3 aromatic rings. The molecule has 1 heterocycles. The summed E-state index contributed by atoms with van der Waals surface area (Å²) in [5.74, 6) is -1.27. The molecule has 0 aliphatic rings. The molecular weight excluding hydrogens is 534 g/mol. The Labute approximate surface area is 193 Å². The molecule has 2 N–H and O–H groups in total. The number of halogens is 2. The minimum atomic E-state index is -0.548. The fraction of sp³-hybridized carbons (Fsp3) is 0.0476. The molecule has 0 radical (unpaired) electrons. The van der Waals surface area contributed by atoms with Crippen LogP contribution >= 0.6 is 31.9 Å². The number of esters is 1. The quantitative estimate of drug-likeness (QED) is 0.201. The number of ether oxygens (including phenoxy) is 1. The van der Waals surface area contributed by atoms with Crippen LogP contribution in [0.25, 0.3) is 0 Å². The maximum Gasteiger partial charge on any atom is 0.343 e. The van der Waals surface area contributed by atoms with Crippen LogP contribution in [0.15, 0.2) is 79.3 Å². The summed E-state index contributed by atoms with van der Waals surface area (Å²) in [5, 5.41) is 6.28. The Morgan fingerprint density at radius 3 is 2.55 bits per heavy atom. The summed E-state index contributed by atoms with van der Waals surface area (Å²) in [6.07, 6.45) is 2.69. The second-order valence-corrected chi connectivity index (χ2v) is 7.78. The first kappa shape index (κ1) is 22.4. The zero-order chi connectivity index (χ0) is 22.2. The topological polar surface area (TPSA) is 110 Å². The Kier molecular flexibility index (Phi) is 7.74. The summed E-state index contributed by atoms with van der Waals surface area (Å²) in [6, 6.07) is 15.0. The SMILES string of the molecule is O=C(CNC(=O)c1ccco1)N/N=C/c1cc(Br)cc(Br)c1OC(=O)c1ccccc1. The molecule has 3 rings (SSSR count). The van der Waals surface area contributed by atoms with Gasteiger partial charge in [-0.2, -0.15) is 5.10 Å². The Hall–Kier alpha value is -3.24. The number of nitrogens with zero attached hydrogens (tertiary/aromatic N) is 1. The third-order valence-corrected chi connectivity index (χ3v) is 4.84. The van der Waals surface area contributed by atoms with Gasteiger partial charge in [-0.3, -0.25) is 9.59 Å². The lowest BCUT2D eigenvalue weighted by Gasteiger charge is -2.10. The largest absolute Gasteiger partial charge is 0.459 e. The highest BCUT2D eigenvalue weighted by Gasteiger charge is 2.15. The van der Waals surface area contributed by atoms with Gasteiger partial charge < -0.3 is 14.5 Å². The van der Waals surface area contributed by atoms with E-state index >= 15 is 0 Å². The zero-order valence-corrected chi connectivity index (χ0v) is 19.0. The summed E-state index contributed by atoms with van der Waals surface area (Å²) in [4.78, 5) is 36.1. The molecule has 0 fully saturated rings. The van der Waals surface area contributed by atoms with Gasteiger partial charge in [-0.05, 0) is 52.3 Å². The van der Waals surface area contributed by atoms with Crippen LogP contribution in [-0.2, 0) is 4.79 Å². The van der Waals surface area contributed by atoms with Crippen molar-refractivity contribution in [3.8, 4) is 5.75 Å². The van der Waals surface area contributed by atoms with Crippen molar-refractivity contribution in [3.05, 3.63) is 86.7 Å². The van der Waals surface area contributed by atoms with Crippen LogP contribution in [0.1, 0.15) is 26.5 Å². The summed E-state index contributed by atoms with van der Waals surface area (Å²) in [6.45, 7) is -0.297. The second kappa shape index (κ2) is 10.7. The van der Waals surface area contributed by atoms with Crippen molar-refractivity contribution in [1.29, 1.82) is 0 Å². The van der Waals surface area contributed by atoms with Gasteiger partial charge >= 0.3 is 5.97 Å². The fourth-order valence-electron chi connectivity index (χ4n) is 2.38. The third-order valence-electron chi connectivity index (χ3n) is 3.79. The van der Waals surface area contributed by atoms with Gasteiger partial charge in [0.2, 0.25) is 0 Å². The van der Waals surface area contributed by atoms with Gasteiger partial charge in [0, 0.05) is 10.0 Å².